The Kier molecular flexibility index (Phi) is 8.44. The lowest BCUT2D eigenvalue weighted by Crippen LogP contribution is -2.43. The number of thioether (sulfide) groups is 1. The molecule has 2 rings (SSSR count). The molecule has 9 nitrogen and oxygen atoms in total. The van der Waals surface area contributed by atoms with Crippen LogP contribution in [0.4, 0.5) is 5.13 Å². The van der Waals surface area contributed by atoms with Gasteiger partial charge >= 0.3 is 0 Å². The van der Waals surface area contributed by atoms with Crippen LogP contribution in [0.15, 0.2) is 4.34 Å². The highest BCUT2D eigenvalue weighted by Gasteiger charge is 2.29. The Morgan fingerprint density at radius 1 is 1.21 bits per heavy atom. The number of aromatic nitrogens is 2. The van der Waals surface area contributed by atoms with Crippen molar-refractivity contribution in [1.29, 1.82) is 0 Å². The summed E-state index contributed by atoms with van der Waals surface area (Å²) in [6.45, 7) is 8.64. The second kappa shape index (κ2) is 10.2. The predicted octanol–water partition coefficient (Wildman–Crippen LogP) is 1.89. The topological polar surface area (TPSA) is 113 Å². The summed E-state index contributed by atoms with van der Waals surface area (Å²) in [4.78, 5) is 26.7. The maximum atomic E-state index is 12.4. The van der Waals surface area contributed by atoms with Crippen LogP contribution in [0.3, 0.4) is 0 Å². The second-order valence-corrected chi connectivity index (χ2v) is 11.8. The van der Waals surface area contributed by atoms with Crippen molar-refractivity contribution in [2.45, 2.75) is 57.0 Å². The average Bonchev–Trinajstić information content (AvgIpc) is 3.06. The summed E-state index contributed by atoms with van der Waals surface area (Å²) in [6.07, 6.45) is 2.14. The van der Waals surface area contributed by atoms with E-state index in [9.17, 15) is 18.0 Å². The maximum absolute atomic E-state index is 12.4. The van der Waals surface area contributed by atoms with Gasteiger partial charge < -0.3 is 10.2 Å². The third-order valence-corrected chi connectivity index (χ3v) is 7.91. The van der Waals surface area contributed by atoms with E-state index in [0.29, 0.717) is 35.4 Å². The number of carbonyl (C=O) groups excluding carboxylic acids is 2. The lowest BCUT2D eigenvalue weighted by molar-refractivity contribution is -0.131. The van der Waals surface area contributed by atoms with Gasteiger partial charge in [-0.05, 0) is 40.5 Å². The van der Waals surface area contributed by atoms with Gasteiger partial charge in [-0.25, -0.2) is 12.7 Å². The van der Waals surface area contributed by atoms with Gasteiger partial charge in [0.25, 0.3) is 0 Å². The van der Waals surface area contributed by atoms with Crippen LogP contribution in [-0.4, -0.2) is 76.8 Å². The first-order chi connectivity index (χ1) is 13.5. The molecule has 0 aromatic carbocycles. The van der Waals surface area contributed by atoms with Crippen LogP contribution >= 0.6 is 23.1 Å². The van der Waals surface area contributed by atoms with Crippen LogP contribution < -0.4 is 5.32 Å². The Labute approximate surface area is 180 Å². The minimum Gasteiger partial charge on any atom is -0.337 e. The first-order valence-corrected chi connectivity index (χ1v) is 13.2. The van der Waals surface area contributed by atoms with E-state index in [1.165, 1.54) is 33.7 Å². The highest BCUT2D eigenvalue weighted by Crippen LogP contribution is 2.27. The summed E-state index contributed by atoms with van der Waals surface area (Å²) < 4.78 is 25.1. The van der Waals surface area contributed by atoms with E-state index in [1.54, 1.807) is 0 Å². The number of nitrogens with zero attached hydrogens (tertiary/aromatic N) is 4. The third-order valence-electron chi connectivity index (χ3n) is 4.65. The van der Waals surface area contributed by atoms with Gasteiger partial charge in [0.05, 0.1) is 12.0 Å². The van der Waals surface area contributed by atoms with Crippen molar-refractivity contribution >= 4 is 50.1 Å². The van der Waals surface area contributed by atoms with Gasteiger partial charge in [0.15, 0.2) is 4.34 Å². The van der Waals surface area contributed by atoms with Crippen molar-refractivity contribution in [2.24, 2.45) is 5.92 Å². The Morgan fingerprint density at radius 2 is 1.79 bits per heavy atom. The molecule has 0 unspecified atom stereocenters. The Bertz CT molecular complexity index is 809. The molecule has 1 aliphatic rings. The molecule has 1 N–H and O–H groups in total. The number of rotatable bonds is 8. The van der Waals surface area contributed by atoms with Crippen LogP contribution in [-0.2, 0) is 19.6 Å². The molecule has 0 saturated carbocycles. The molecule has 1 fully saturated rings. The quantitative estimate of drug-likeness (QED) is 0.463. The highest BCUT2D eigenvalue weighted by atomic mass is 32.2. The van der Waals surface area contributed by atoms with Gasteiger partial charge in [-0.3, -0.25) is 9.59 Å². The zero-order valence-electron chi connectivity index (χ0n) is 17.4. The molecular weight excluding hydrogens is 434 g/mol. The van der Waals surface area contributed by atoms with Gasteiger partial charge in [-0.1, -0.05) is 23.1 Å². The molecule has 0 radical (unpaired) electrons. The number of amides is 2. The summed E-state index contributed by atoms with van der Waals surface area (Å²) >= 11 is 2.54. The smallest absolute Gasteiger partial charge is 0.233 e. The lowest BCUT2D eigenvalue weighted by atomic mass is 9.97. The van der Waals surface area contributed by atoms with Crippen molar-refractivity contribution in [3.8, 4) is 0 Å². The minimum atomic E-state index is -3.21. The van der Waals surface area contributed by atoms with Gasteiger partial charge in [0.2, 0.25) is 27.0 Å². The van der Waals surface area contributed by atoms with Crippen LogP contribution in [0.5, 0.6) is 0 Å². The van der Waals surface area contributed by atoms with E-state index >= 15 is 0 Å². The molecule has 12 heteroatoms. The summed E-state index contributed by atoms with van der Waals surface area (Å²) in [5.74, 6) is -0.116. The zero-order valence-corrected chi connectivity index (χ0v) is 19.9. The standard InChI is InChI=1S/C17H29N5O4S3/c1-11(2)22(12(3)4)14(23)10-27-17-20-19-16(28-17)18-15(24)13-6-8-21(9-7-13)29(5,25)26/h11-13H,6-10H2,1-5H3,(H,18,19,24). The van der Waals surface area contributed by atoms with Crippen LogP contribution in [0, 0.1) is 5.92 Å². The minimum absolute atomic E-state index is 0.0402. The fraction of sp³-hybridized carbons (Fsp3) is 0.765. The Hall–Kier alpha value is -1.24. The lowest BCUT2D eigenvalue weighted by Gasteiger charge is -2.30. The average molecular weight is 464 g/mol. The van der Waals surface area contributed by atoms with Gasteiger partial charge in [-0.15, -0.1) is 10.2 Å². The number of hydrogen-bond acceptors (Lipinski definition) is 8. The van der Waals surface area contributed by atoms with E-state index in [1.807, 2.05) is 32.6 Å². The molecule has 164 valence electrons. The van der Waals surface area contributed by atoms with E-state index in [4.69, 9.17) is 0 Å². The van der Waals surface area contributed by atoms with Crippen molar-refractivity contribution < 1.29 is 18.0 Å². The largest absolute Gasteiger partial charge is 0.337 e. The van der Waals surface area contributed by atoms with Crippen molar-refractivity contribution in [3.63, 3.8) is 0 Å². The van der Waals surface area contributed by atoms with Crippen LogP contribution in [0.2, 0.25) is 0 Å². The Balaban J connectivity index is 1.84. The molecule has 1 aromatic rings. The molecule has 2 amide bonds. The molecule has 1 saturated heterocycles. The summed E-state index contributed by atoms with van der Waals surface area (Å²) in [5.41, 5.74) is 0. The third kappa shape index (κ3) is 6.90. The number of hydrogen-bond donors (Lipinski definition) is 1. The van der Waals surface area contributed by atoms with Crippen LogP contribution in [0.1, 0.15) is 40.5 Å². The monoisotopic (exact) mass is 463 g/mol. The number of piperidine rings is 1. The van der Waals surface area contributed by atoms with Gasteiger partial charge in [0, 0.05) is 31.1 Å². The zero-order chi connectivity index (χ0) is 21.8. The van der Waals surface area contributed by atoms with Crippen LogP contribution in [0.25, 0.3) is 0 Å². The van der Waals surface area contributed by atoms with E-state index in [0.717, 1.165) is 0 Å². The van der Waals surface area contributed by atoms with E-state index in [-0.39, 0.29) is 35.6 Å². The van der Waals surface area contributed by atoms with Crippen molar-refractivity contribution in [2.75, 3.05) is 30.4 Å². The van der Waals surface area contributed by atoms with Crippen molar-refractivity contribution in [3.05, 3.63) is 0 Å². The second-order valence-electron chi connectivity index (χ2n) is 7.58. The van der Waals surface area contributed by atoms with E-state index < -0.39 is 10.0 Å². The molecule has 2 heterocycles. The molecule has 1 aromatic heterocycles. The summed E-state index contributed by atoms with van der Waals surface area (Å²) in [7, 11) is -3.21. The van der Waals surface area contributed by atoms with Gasteiger partial charge in [0.1, 0.15) is 0 Å². The van der Waals surface area contributed by atoms with Crippen molar-refractivity contribution in [1.82, 2.24) is 19.4 Å². The molecule has 0 bridgehead atoms. The molecule has 0 spiro atoms. The number of nitrogens with one attached hydrogen (secondary N) is 1. The molecule has 29 heavy (non-hydrogen) atoms. The number of carbonyl (C=O) groups is 2. The van der Waals surface area contributed by atoms with E-state index in [2.05, 4.69) is 15.5 Å². The first-order valence-electron chi connectivity index (χ1n) is 9.52. The summed E-state index contributed by atoms with van der Waals surface area (Å²) in [5, 5.41) is 11.2. The molecule has 0 aliphatic carbocycles. The maximum Gasteiger partial charge on any atom is 0.233 e. The molecular formula is C17H29N5O4S3. The first kappa shape index (κ1) is 24.0. The number of sulfonamides is 1. The normalized spacial score (nSPS) is 16.4. The fourth-order valence-corrected chi connectivity index (χ4v) is 5.84. The summed E-state index contributed by atoms with van der Waals surface area (Å²) in [6, 6.07) is 0.253. The Morgan fingerprint density at radius 3 is 2.31 bits per heavy atom. The van der Waals surface area contributed by atoms with Gasteiger partial charge in [-0.2, -0.15) is 0 Å². The SMILES string of the molecule is CC(C)N(C(=O)CSc1nnc(NC(=O)C2CCN(S(C)(=O)=O)CC2)s1)C(C)C. The highest BCUT2D eigenvalue weighted by molar-refractivity contribution is 8.01. The molecule has 0 atom stereocenters. The predicted molar refractivity (Wildman–Crippen MR) is 116 cm³/mol. The fourth-order valence-electron chi connectivity index (χ4n) is 3.35. The molecule has 1 aliphatic heterocycles. The number of anilines is 1.